The summed E-state index contributed by atoms with van der Waals surface area (Å²) >= 11 is 0. The molecule has 0 saturated carbocycles. The lowest BCUT2D eigenvalue weighted by Crippen LogP contribution is -3.00. The Bertz CT molecular complexity index is 2420. The van der Waals surface area contributed by atoms with Gasteiger partial charge in [-0.05, 0) is 57.2 Å². The third-order valence-electron chi connectivity index (χ3n) is 17.6. The number of unbranched alkanes of at least 4 members (excludes halogenated alkanes) is 30. The molecule has 2 aliphatic rings. The van der Waals surface area contributed by atoms with Crippen molar-refractivity contribution in [2.45, 2.75) is 290 Å². The van der Waals surface area contributed by atoms with Crippen molar-refractivity contribution in [3.63, 3.8) is 0 Å². The topological polar surface area (TPSA) is 180 Å². The second-order valence-corrected chi connectivity index (χ2v) is 27.1. The molecule has 0 saturated heterocycles. The number of carbonyl (C=O) groups excluding carboxylic acids is 3. The van der Waals surface area contributed by atoms with E-state index in [4.69, 9.17) is 18.5 Å². The van der Waals surface area contributed by atoms with E-state index in [2.05, 4.69) is 142 Å². The lowest BCUT2D eigenvalue weighted by Gasteiger charge is -2.27. The van der Waals surface area contributed by atoms with Crippen LogP contribution in [0, 0.1) is 0 Å². The molecule has 13 nitrogen and oxygen atoms in total. The number of quaternary nitrogens is 1. The minimum Gasteiger partial charge on any atom is -1.00 e. The first kappa shape index (κ1) is 80.0. The van der Waals surface area contributed by atoms with Crippen molar-refractivity contribution >= 4 is 42.8 Å². The maximum atomic E-state index is 13.0. The van der Waals surface area contributed by atoms with E-state index in [1.54, 1.807) is 0 Å². The largest absolute Gasteiger partial charge is 1.00 e. The number of nitrogens with zero attached hydrogens (tertiary/aromatic N) is 2. The molecule has 2 aromatic carbocycles. The number of para-hydroxylation sites is 2. The minimum absolute atomic E-state index is 0. The van der Waals surface area contributed by atoms with Crippen molar-refractivity contribution < 1.29 is 59.3 Å². The number of allylic oxidation sites excluding steroid dienone is 6. The Hall–Kier alpha value is -4.10. The van der Waals surface area contributed by atoms with E-state index in [0.717, 1.165) is 57.9 Å². The van der Waals surface area contributed by atoms with Crippen molar-refractivity contribution in [2.75, 3.05) is 44.9 Å². The number of halogens is 1. The van der Waals surface area contributed by atoms with E-state index in [-0.39, 0.29) is 67.9 Å². The second kappa shape index (κ2) is 46.9. The Morgan fingerprint density at radius 3 is 1.58 bits per heavy atom. The summed E-state index contributed by atoms with van der Waals surface area (Å²) in [5.74, 6) is -1.04. The maximum Gasteiger partial charge on any atom is 0.472 e. The van der Waals surface area contributed by atoms with E-state index in [1.807, 2.05) is 0 Å². The van der Waals surface area contributed by atoms with Crippen LogP contribution in [-0.2, 0) is 48.3 Å². The summed E-state index contributed by atoms with van der Waals surface area (Å²) in [7, 11) is -2.47. The Morgan fingerprint density at radius 2 is 1.05 bits per heavy atom. The van der Waals surface area contributed by atoms with Crippen molar-refractivity contribution in [3.8, 4) is 0 Å². The standard InChI is InChI=1S/C73H118N3O9P.ClH.H3N/c1-8-10-12-14-16-18-20-22-24-26-28-30-32-34-41-55-70(78)82-60-62(85-71(79)56-42-35-33-31-29-27-25-23-21-19-17-15-13-11-9-2)61-84-86(80,81)83-59-57-74-69(77)54-40-37-47-58-76-66-51-46-44-49-64(66)73(5,6)68(76)53-39-36-38-52-67-72(3,4)63-48-43-45-50-65(63)75(67)7;;/h36,38-39,43-46,48-53,62H,8-35,37,40-42,47,54-61H2,1-7H3,(H-,74,77,80,81);1H;1H3/p+1/t62-;;/m1../s1. The van der Waals surface area contributed by atoms with Gasteiger partial charge in [0.2, 0.25) is 11.6 Å². The number of phosphoric acid groups is 1. The molecule has 0 spiro atoms. The predicted octanol–water partition coefficient (Wildman–Crippen LogP) is 16.7. The molecule has 1 amide bonds. The molecule has 2 heterocycles. The highest BCUT2D eigenvalue weighted by molar-refractivity contribution is 7.47. The maximum absolute atomic E-state index is 13.0. The highest BCUT2D eigenvalue weighted by Crippen LogP contribution is 2.48. The van der Waals surface area contributed by atoms with Crippen LogP contribution >= 0.6 is 7.82 Å². The summed E-state index contributed by atoms with van der Waals surface area (Å²) in [6, 6.07) is 17.2. The predicted molar refractivity (Wildman–Crippen MR) is 363 cm³/mol. The summed E-state index contributed by atoms with van der Waals surface area (Å²) in [6.07, 6.45) is 49.7. The first-order valence-electron chi connectivity index (χ1n) is 34.5. The van der Waals surface area contributed by atoms with E-state index >= 15 is 0 Å². The first-order chi connectivity index (χ1) is 41.6. The zero-order chi connectivity index (χ0) is 62.1. The van der Waals surface area contributed by atoms with Gasteiger partial charge in [-0.1, -0.05) is 269 Å². The SMILES string of the molecule is CCCCCCCCCCCCCCCCCC(=O)OC[C@H](COP(=O)(O)OCCNC(=O)CCCCCN1/C(=C/C=C/C=C/C2=[N+](C)c3ccccc3C2(C)C)C(C)(C)c2ccccc21)OC(=O)CCCCCCCCCCCCCCCCC.[Cl-].[NH4+]. The summed E-state index contributed by atoms with van der Waals surface area (Å²) in [5, 5.41) is 2.79. The highest BCUT2D eigenvalue weighted by atomic mass is 35.5. The number of rotatable bonds is 51. The van der Waals surface area contributed by atoms with Crippen molar-refractivity contribution in [1.82, 2.24) is 11.5 Å². The number of hydrogen-bond acceptors (Lipinski definition) is 9. The number of carbonyl (C=O) groups is 3. The molecule has 500 valence electrons. The van der Waals surface area contributed by atoms with Crippen molar-refractivity contribution in [2.24, 2.45) is 0 Å². The zero-order valence-corrected chi connectivity index (χ0v) is 58.2. The number of hydrogen-bond donors (Lipinski definition) is 3. The first-order valence-corrected chi connectivity index (χ1v) is 36.0. The van der Waals surface area contributed by atoms with E-state index in [1.165, 1.54) is 175 Å². The number of fused-ring (bicyclic) bond motifs is 2. The van der Waals surface area contributed by atoms with E-state index in [9.17, 15) is 23.8 Å². The fourth-order valence-electron chi connectivity index (χ4n) is 12.3. The minimum atomic E-state index is -4.61. The average Bonchev–Trinajstić information content (AvgIpc) is 2.41. The van der Waals surface area contributed by atoms with Crippen LogP contribution in [-0.4, -0.2) is 79.1 Å². The molecule has 0 aliphatic carbocycles. The van der Waals surface area contributed by atoms with Gasteiger partial charge in [-0.2, -0.15) is 4.58 Å². The Morgan fingerprint density at radius 1 is 0.580 bits per heavy atom. The fourth-order valence-corrected chi connectivity index (χ4v) is 13.1. The summed E-state index contributed by atoms with van der Waals surface area (Å²) < 4.78 is 37.0. The van der Waals surface area contributed by atoms with Crippen LogP contribution in [0.1, 0.15) is 284 Å². The molecule has 15 heteroatoms. The number of esters is 2. The summed E-state index contributed by atoms with van der Waals surface area (Å²) in [4.78, 5) is 51.7. The van der Waals surface area contributed by atoms with Crippen LogP contribution in [0.15, 0.2) is 84.6 Å². The van der Waals surface area contributed by atoms with Crippen LogP contribution in [0.25, 0.3) is 0 Å². The number of ether oxygens (including phenoxy) is 2. The van der Waals surface area contributed by atoms with Gasteiger partial charge in [0.1, 0.15) is 13.7 Å². The van der Waals surface area contributed by atoms with Gasteiger partial charge in [0.05, 0.1) is 18.6 Å². The summed E-state index contributed by atoms with van der Waals surface area (Å²) in [6.45, 7) is 13.4. The quantitative estimate of drug-likeness (QED) is 0.0190. The van der Waals surface area contributed by atoms with E-state index in [0.29, 0.717) is 25.7 Å². The Balaban J connectivity index is 0.0000132. The van der Waals surface area contributed by atoms with Gasteiger partial charge in [0.15, 0.2) is 11.8 Å². The molecule has 2 aromatic rings. The highest BCUT2D eigenvalue weighted by Gasteiger charge is 2.43. The van der Waals surface area contributed by atoms with Gasteiger partial charge < -0.3 is 43.1 Å². The lowest BCUT2D eigenvalue weighted by atomic mass is 9.81. The number of phosphoric ester groups is 1. The van der Waals surface area contributed by atoms with Crippen LogP contribution in [0.4, 0.5) is 11.4 Å². The van der Waals surface area contributed by atoms with Gasteiger partial charge in [-0.25, -0.2) is 4.57 Å². The van der Waals surface area contributed by atoms with Crippen LogP contribution < -0.4 is 28.8 Å². The number of nitrogens with one attached hydrogen (secondary N) is 1. The molecule has 0 bridgehead atoms. The zero-order valence-electron chi connectivity index (χ0n) is 56.5. The molecule has 0 aromatic heterocycles. The molecule has 2 aliphatic heterocycles. The van der Waals surface area contributed by atoms with Crippen molar-refractivity contribution in [1.29, 1.82) is 0 Å². The molecule has 88 heavy (non-hydrogen) atoms. The molecule has 6 N–H and O–H groups in total. The van der Waals surface area contributed by atoms with Gasteiger partial charge in [-0.15, -0.1) is 0 Å². The van der Waals surface area contributed by atoms with Crippen LogP contribution in [0.5, 0.6) is 0 Å². The molecular weight excluding hydrogens is 1140 g/mol. The number of amides is 1. The van der Waals surface area contributed by atoms with Crippen molar-refractivity contribution in [3.05, 3.63) is 95.7 Å². The van der Waals surface area contributed by atoms with Crippen LogP contribution in [0.2, 0.25) is 0 Å². The third-order valence-corrected chi connectivity index (χ3v) is 18.5. The van der Waals surface area contributed by atoms with E-state index < -0.39 is 32.5 Å². The lowest BCUT2D eigenvalue weighted by molar-refractivity contribution is -0.401. The summed E-state index contributed by atoms with van der Waals surface area (Å²) in [5.41, 5.74) is 7.32. The van der Waals surface area contributed by atoms with Gasteiger partial charge in [-0.3, -0.25) is 23.4 Å². The molecule has 0 radical (unpaired) electrons. The Kier molecular flexibility index (Phi) is 42.6. The van der Waals surface area contributed by atoms with Gasteiger partial charge >= 0.3 is 19.8 Å². The smallest absolute Gasteiger partial charge is 0.472 e. The molecular formula is C73H123ClN4O9P+. The second-order valence-electron chi connectivity index (χ2n) is 25.6. The molecule has 2 atom stereocenters. The molecule has 1 unspecified atom stereocenters. The van der Waals surface area contributed by atoms with Gasteiger partial charge in [0, 0.05) is 66.9 Å². The van der Waals surface area contributed by atoms with Crippen LogP contribution in [0.3, 0.4) is 0 Å². The third kappa shape index (κ3) is 31.3. The fraction of sp³-hybridized carbons (Fsp3) is 0.699. The number of benzene rings is 2. The monoisotopic (exact) mass is 1270 g/mol. The Labute approximate surface area is 541 Å². The molecule has 0 fully saturated rings. The average molecular weight is 1270 g/mol. The number of anilines is 1. The normalized spacial score (nSPS) is 15.5. The van der Waals surface area contributed by atoms with Gasteiger partial charge in [0.25, 0.3) is 0 Å². The molecule has 4 rings (SSSR count).